The largest absolute Gasteiger partial charge is 0.493 e. The van der Waals surface area contributed by atoms with Crippen molar-refractivity contribution in [1.82, 2.24) is 5.32 Å². The summed E-state index contributed by atoms with van der Waals surface area (Å²) >= 11 is 10.7. The first kappa shape index (κ1) is 22.5. The molecule has 0 atom stereocenters. The van der Waals surface area contributed by atoms with Gasteiger partial charge in [-0.15, -0.1) is 0 Å². The molecule has 3 aromatic rings. The van der Waals surface area contributed by atoms with Crippen molar-refractivity contribution in [2.45, 2.75) is 6.61 Å². The molecule has 0 unspecified atom stereocenters. The van der Waals surface area contributed by atoms with E-state index in [1.165, 1.54) is 11.8 Å². The van der Waals surface area contributed by atoms with Gasteiger partial charge in [0.15, 0.2) is 16.7 Å². The number of nitrogens with zero attached hydrogens (tertiary/aromatic N) is 1. The predicted octanol–water partition coefficient (Wildman–Crippen LogP) is 6.58. The number of amides is 1. The maximum Gasteiger partial charge on any atom is 0.264 e. The highest BCUT2D eigenvalue weighted by Gasteiger charge is 2.24. The number of amidine groups is 1. The highest BCUT2D eigenvalue weighted by Crippen LogP contribution is 2.38. The normalized spacial score (nSPS) is 15.8. The Hall–Kier alpha value is -2.74. The summed E-state index contributed by atoms with van der Waals surface area (Å²) in [5.74, 6) is 0.967. The first-order valence-electron chi connectivity index (χ1n) is 9.61. The van der Waals surface area contributed by atoms with Crippen LogP contribution in [0.5, 0.6) is 11.5 Å². The third-order valence-electron chi connectivity index (χ3n) is 4.48. The molecule has 1 heterocycles. The maximum atomic E-state index is 12.4. The molecule has 1 N–H and O–H groups in total. The Balaban J connectivity index is 1.53. The third kappa shape index (κ3) is 5.54. The second kappa shape index (κ2) is 10.3. The van der Waals surface area contributed by atoms with Crippen molar-refractivity contribution in [3.63, 3.8) is 0 Å². The quantitative estimate of drug-likeness (QED) is 0.366. The van der Waals surface area contributed by atoms with Gasteiger partial charge in [0.2, 0.25) is 0 Å². The molecule has 1 saturated heterocycles. The van der Waals surface area contributed by atoms with Crippen LogP contribution in [0.25, 0.3) is 6.08 Å². The molecule has 0 radical (unpaired) electrons. The van der Waals surface area contributed by atoms with Gasteiger partial charge in [0, 0.05) is 5.02 Å². The van der Waals surface area contributed by atoms with Crippen LogP contribution >= 0.6 is 39.3 Å². The number of carbonyl (C=O) groups is 1. The zero-order valence-electron chi connectivity index (χ0n) is 17.0. The molecule has 0 aliphatic carbocycles. The molecular weight excluding hydrogens is 512 g/mol. The second-order valence-corrected chi connectivity index (χ2v) is 9.09. The number of aliphatic imine (C=N–C) groups is 1. The van der Waals surface area contributed by atoms with Crippen molar-refractivity contribution in [3.8, 4) is 11.5 Å². The van der Waals surface area contributed by atoms with E-state index in [4.69, 9.17) is 21.1 Å². The molecule has 1 amide bonds. The number of halogens is 2. The van der Waals surface area contributed by atoms with Crippen LogP contribution in [0, 0.1) is 0 Å². The van der Waals surface area contributed by atoms with Crippen molar-refractivity contribution in [2.24, 2.45) is 4.99 Å². The van der Waals surface area contributed by atoms with Gasteiger partial charge >= 0.3 is 0 Å². The average molecular weight is 530 g/mol. The van der Waals surface area contributed by atoms with Crippen molar-refractivity contribution in [3.05, 3.63) is 92.3 Å². The molecule has 0 saturated carbocycles. The number of hydrogen-bond acceptors (Lipinski definition) is 5. The van der Waals surface area contributed by atoms with Crippen LogP contribution in [0.4, 0.5) is 5.69 Å². The number of thioether (sulfide) groups is 1. The Morgan fingerprint density at radius 1 is 1.12 bits per heavy atom. The van der Waals surface area contributed by atoms with Crippen LogP contribution < -0.4 is 14.8 Å². The fourth-order valence-corrected chi connectivity index (χ4v) is 4.50. The minimum absolute atomic E-state index is 0.206. The Morgan fingerprint density at radius 3 is 2.59 bits per heavy atom. The molecular formula is C24H18BrClN2O3S. The third-order valence-corrected chi connectivity index (χ3v) is 6.23. The van der Waals surface area contributed by atoms with Gasteiger partial charge in [0.05, 0.1) is 22.2 Å². The molecule has 3 aromatic carbocycles. The van der Waals surface area contributed by atoms with E-state index in [2.05, 4.69) is 26.2 Å². The van der Waals surface area contributed by atoms with Gasteiger partial charge in [-0.05, 0) is 81.3 Å². The summed E-state index contributed by atoms with van der Waals surface area (Å²) in [7, 11) is 1.59. The number of rotatable bonds is 6. The van der Waals surface area contributed by atoms with Crippen LogP contribution in [0.15, 0.2) is 81.1 Å². The lowest BCUT2D eigenvalue weighted by Crippen LogP contribution is -2.19. The Labute approximate surface area is 203 Å². The SMILES string of the molecule is COc1cc(/C=C2/SC(=Nc3ccc(Cl)cc3)NC2=O)cc(Br)c1OCc1ccccc1. The van der Waals surface area contributed by atoms with E-state index >= 15 is 0 Å². The Kier molecular flexibility index (Phi) is 7.19. The van der Waals surface area contributed by atoms with Crippen LogP contribution in [-0.2, 0) is 11.4 Å². The predicted molar refractivity (Wildman–Crippen MR) is 134 cm³/mol. The second-order valence-electron chi connectivity index (χ2n) is 6.77. The number of ether oxygens (including phenoxy) is 2. The molecule has 8 heteroatoms. The number of methoxy groups -OCH3 is 1. The topological polar surface area (TPSA) is 59.9 Å². The molecule has 1 aliphatic rings. The standard InChI is InChI=1S/C24H18BrClN2O3S/c1-30-20-12-16(11-19(25)22(20)31-14-15-5-3-2-4-6-15)13-21-23(29)28-24(32-21)27-18-9-7-17(26)8-10-18/h2-13H,14H2,1H3,(H,27,28,29)/b21-13+. The number of nitrogens with one attached hydrogen (secondary N) is 1. The van der Waals surface area contributed by atoms with E-state index in [1.807, 2.05) is 42.5 Å². The average Bonchev–Trinajstić information content (AvgIpc) is 3.13. The summed E-state index contributed by atoms with van der Waals surface area (Å²) in [6.07, 6.45) is 1.79. The number of hydrogen-bond donors (Lipinski definition) is 1. The maximum absolute atomic E-state index is 12.4. The Bertz CT molecular complexity index is 1200. The van der Waals surface area contributed by atoms with Crippen LogP contribution in [0.3, 0.4) is 0 Å². The molecule has 4 rings (SSSR count). The van der Waals surface area contributed by atoms with Gasteiger partial charge in [0.1, 0.15) is 6.61 Å². The van der Waals surface area contributed by atoms with Gasteiger partial charge in [0.25, 0.3) is 5.91 Å². The zero-order valence-corrected chi connectivity index (χ0v) is 20.1. The number of carbonyl (C=O) groups excluding carboxylic acids is 1. The lowest BCUT2D eigenvalue weighted by atomic mass is 10.2. The van der Waals surface area contributed by atoms with Crippen molar-refractivity contribution >= 4 is 62.1 Å². The summed E-state index contributed by atoms with van der Waals surface area (Å²) in [6.45, 7) is 0.416. The monoisotopic (exact) mass is 528 g/mol. The lowest BCUT2D eigenvalue weighted by Gasteiger charge is -2.13. The minimum Gasteiger partial charge on any atom is -0.493 e. The smallest absolute Gasteiger partial charge is 0.264 e. The molecule has 0 aromatic heterocycles. The molecule has 5 nitrogen and oxygen atoms in total. The molecule has 0 bridgehead atoms. The first-order valence-corrected chi connectivity index (χ1v) is 11.6. The van der Waals surface area contributed by atoms with Crippen LogP contribution in [0.1, 0.15) is 11.1 Å². The summed E-state index contributed by atoms with van der Waals surface area (Å²) in [6, 6.07) is 20.7. The van der Waals surface area contributed by atoms with E-state index in [0.717, 1.165) is 15.6 Å². The minimum atomic E-state index is -0.206. The van der Waals surface area contributed by atoms with E-state index in [1.54, 1.807) is 37.5 Å². The van der Waals surface area contributed by atoms with Crippen molar-refractivity contribution in [2.75, 3.05) is 7.11 Å². The zero-order chi connectivity index (χ0) is 22.5. The van der Waals surface area contributed by atoms with E-state index < -0.39 is 0 Å². The fraction of sp³-hybridized carbons (Fsp3) is 0.0833. The summed E-state index contributed by atoms with van der Waals surface area (Å²) in [5.41, 5.74) is 2.56. The number of benzene rings is 3. The van der Waals surface area contributed by atoms with Crippen LogP contribution in [-0.4, -0.2) is 18.2 Å². The van der Waals surface area contributed by atoms with E-state index in [9.17, 15) is 4.79 Å². The van der Waals surface area contributed by atoms with Gasteiger partial charge in [-0.2, -0.15) is 0 Å². The van der Waals surface area contributed by atoms with Crippen LogP contribution in [0.2, 0.25) is 5.02 Å². The molecule has 32 heavy (non-hydrogen) atoms. The molecule has 162 valence electrons. The van der Waals surface area contributed by atoms with Gasteiger partial charge in [-0.25, -0.2) is 4.99 Å². The lowest BCUT2D eigenvalue weighted by molar-refractivity contribution is -0.115. The van der Waals surface area contributed by atoms with Gasteiger partial charge in [-0.3, -0.25) is 4.79 Å². The van der Waals surface area contributed by atoms with Crippen molar-refractivity contribution < 1.29 is 14.3 Å². The van der Waals surface area contributed by atoms with Crippen molar-refractivity contribution in [1.29, 1.82) is 0 Å². The fourth-order valence-electron chi connectivity index (χ4n) is 2.96. The molecule has 0 spiro atoms. The van der Waals surface area contributed by atoms with Gasteiger partial charge < -0.3 is 14.8 Å². The Morgan fingerprint density at radius 2 is 1.88 bits per heavy atom. The molecule has 1 fully saturated rings. The highest BCUT2D eigenvalue weighted by molar-refractivity contribution is 9.10. The summed E-state index contributed by atoms with van der Waals surface area (Å²) < 4.78 is 12.2. The summed E-state index contributed by atoms with van der Waals surface area (Å²) in [4.78, 5) is 17.4. The van der Waals surface area contributed by atoms with E-state index in [-0.39, 0.29) is 5.91 Å². The van der Waals surface area contributed by atoms with Gasteiger partial charge in [-0.1, -0.05) is 41.9 Å². The van der Waals surface area contributed by atoms with E-state index in [0.29, 0.717) is 38.9 Å². The molecule has 1 aliphatic heterocycles. The highest BCUT2D eigenvalue weighted by atomic mass is 79.9. The first-order chi connectivity index (χ1) is 15.5. The summed E-state index contributed by atoms with van der Waals surface area (Å²) in [5, 5.41) is 3.93.